The van der Waals surface area contributed by atoms with E-state index in [1.165, 1.54) is 20.3 Å². The van der Waals surface area contributed by atoms with E-state index in [4.69, 9.17) is 30.4 Å². The Morgan fingerprint density at radius 1 is 1.07 bits per heavy atom. The second-order valence-corrected chi connectivity index (χ2v) is 9.64. The molecule has 1 aromatic heterocycles. The molecule has 1 atom stereocenters. The molecule has 0 saturated carbocycles. The number of benzene rings is 3. The van der Waals surface area contributed by atoms with Crippen molar-refractivity contribution in [2.24, 2.45) is 5.10 Å². The summed E-state index contributed by atoms with van der Waals surface area (Å²) in [6, 6.07) is 17.0. The number of hydrogen-bond donors (Lipinski definition) is 2. The van der Waals surface area contributed by atoms with Crippen molar-refractivity contribution in [3.8, 4) is 23.0 Å². The van der Waals surface area contributed by atoms with Crippen LogP contribution in [0.25, 0.3) is 0 Å². The maximum atomic E-state index is 13.7. The molecular formula is C31H28N6O5. The molecule has 0 fully saturated rings. The molecule has 0 radical (unpaired) electrons. The van der Waals surface area contributed by atoms with Crippen LogP contribution in [0.5, 0.6) is 23.0 Å². The molecule has 11 nitrogen and oxygen atoms in total. The lowest BCUT2D eigenvalue weighted by Gasteiger charge is -2.31. The topological polar surface area (TPSA) is 147 Å². The summed E-state index contributed by atoms with van der Waals surface area (Å²) >= 11 is 0. The molecule has 42 heavy (non-hydrogen) atoms. The fourth-order valence-electron chi connectivity index (χ4n) is 5.09. The van der Waals surface area contributed by atoms with Gasteiger partial charge in [0.25, 0.3) is 0 Å². The van der Waals surface area contributed by atoms with Gasteiger partial charge in [-0.05, 0) is 41.0 Å². The van der Waals surface area contributed by atoms with Crippen molar-refractivity contribution >= 4 is 23.8 Å². The predicted molar refractivity (Wildman–Crippen MR) is 157 cm³/mol. The van der Waals surface area contributed by atoms with Gasteiger partial charge in [0.1, 0.15) is 11.9 Å². The van der Waals surface area contributed by atoms with E-state index in [0.717, 1.165) is 22.3 Å². The zero-order chi connectivity index (χ0) is 29.2. The highest BCUT2D eigenvalue weighted by molar-refractivity contribution is 6.07. The van der Waals surface area contributed by atoms with Crippen molar-refractivity contribution in [3.05, 3.63) is 106 Å². The van der Waals surface area contributed by atoms with Crippen LogP contribution in [0.3, 0.4) is 0 Å². The number of rotatable bonds is 8. The molecule has 3 aromatic carbocycles. The summed E-state index contributed by atoms with van der Waals surface area (Å²) in [6.45, 7) is 0.179. The Hall–Kier alpha value is -5.58. The molecule has 11 heteroatoms. The molecular weight excluding hydrogens is 536 g/mol. The highest BCUT2D eigenvalue weighted by Gasteiger charge is 2.28. The molecule has 0 amide bonds. The number of ether oxygens (including phenoxy) is 4. The van der Waals surface area contributed by atoms with Crippen molar-refractivity contribution in [1.29, 1.82) is 0 Å². The zero-order valence-electron chi connectivity index (χ0n) is 23.0. The molecule has 6 rings (SSSR count). The highest BCUT2D eigenvalue weighted by Crippen LogP contribution is 2.40. The predicted octanol–water partition coefficient (Wildman–Crippen LogP) is 4.11. The summed E-state index contributed by atoms with van der Waals surface area (Å²) in [7, 11) is 3.01. The Balaban J connectivity index is 1.34. The molecule has 0 aliphatic carbocycles. The Morgan fingerprint density at radius 2 is 1.90 bits per heavy atom. The quantitative estimate of drug-likeness (QED) is 0.237. The third-order valence-corrected chi connectivity index (χ3v) is 7.09. The summed E-state index contributed by atoms with van der Waals surface area (Å²) in [5, 5.41) is 6.41. The first-order chi connectivity index (χ1) is 20.4. The third-order valence-electron chi connectivity index (χ3n) is 7.09. The van der Waals surface area contributed by atoms with Gasteiger partial charge in [0.15, 0.2) is 28.8 Å². The van der Waals surface area contributed by atoms with Crippen LogP contribution < -0.4 is 30.4 Å². The third kappa shape index (κ3) is 5.03. The van der Waals surface area contributed by atoms with Gasteiger partial charge in [-0.1, -0.05) is 30.3 Å². The molecule has 4 aromatic rings. The van der Waals surface area contributed by atoms with Crippen molar-refractivity contribution in [3.63, 3.8) is 0 Å². The average Bonchev–Trinajstić information content (AvgIpc) is 3.48. The number of ketones is 1. The molecule has 4 N–H and O–H groups in total. The number of carbonyl (C=O) groups excluding carboxylic acids is 1. The van der Waals surface area contributed by atoms with Crippen LogP contribution in [0.2, 0.25) is 0 Å². The fraction of sp³-hybridized carbons (Fsp3) is 0.161. The van der Waals surface area contributed by atoms with Crippen LogP contribution in [0.1, 0.15) is 44.2 Å². The number of anilines is 2. The molecule has 0 saturated heterocycles. The maximum Gasteiger partial charge on any atom is 0.231 e. The number of nitrogens with zero attached hydrogens (tertiary/aromatic N) is 4. The van der Waals surface area contributed by atoms with E-state index < -0.39 is 0 Å². The first kappa shape index (κ1) is 26.6. The van der Waals surface area contributed by atoms with Crippen LogP contribution in [0.15, 0.2) is 78.2 Å². The summed E-state index contributed by atoms with van der Waals surface area (Å²) in [5.41, 5.74) is 16.4. The Kier molecular flexibility index (Phi) is 7.05. The zero-order valence-corrected chi connectivity index (χ0v) is 23.0. The summed E-state index contributed by atoms with van der Waals surface area (Å²) in [6.07, 6.45) is 6.83. The SMILES string of the molecule is COc1cc(Cc2cnc(N)nc2N)cc(C(=O)/C=C/N2N=Cc3ccccc3C2c2ccc3c(c2)OCO3)c1OC. The lowest BCUT2D eigenvalue weighted by Crippen LogP contribution is -2.25. The monoisotopic (exact) mass is 564 g/mol. The van der Waals surface area contributed by atoms with Crippen LogP contribution in [-0.4, -0.2) is 48.0 Å². The summed E-state index contributed by atoms with van der Waals surface area (Å²) < 4.78 is 22.3. The van der Waals surface area contributed by atoms with Crippen LogP contribution in [0.4, 0.5) is 11.8 Å². The Morgan fingerprint density at radius 3 is 2.71 bits per heavy atom. The van der Waals surface area contributed by atoms with E-state index in [1.54, 1.807) is 35.8 Å². The molecule has 2 aliphatic rings. The smallest absolute Gasteiger partial charge is 0.231 e. The lowest BCUT2D eigenvalue weighted by molar-refractivity contribution is 0.104. The van der Waals surface area contributed by atoms with Crippen molar-refractivity contribution in [1.82, 2.24) is 15.0 Å². The number of methoxy groups -OCH3 is 2. The molecule has 0 spiro atoms. The molecule has 212 valence electrons. The van der Waals surface area contributed by atoms with Gasteiger partial charge in [0, 0.05) is 36.0 Å². The second-order valence-electron chi connectivity index (χ2n) is 9.64. The van der Waals surface area contributed by atoms with Gasteiger partial charge < -0.3 is 30.4 Å². The highest BCUT2D eigenvalue weighted by atomic mass is 16.7. The van der Waals surface area contributed by atoms with Crippen molar-refractivity contribution in [2.75, 3.05) is 32.5 Å². The van der Waals surface area contributed by atoms with Gasteiger partial charge in [-0.3, -0.25) is 9.80 Å². The van der Waals surface area contributed by atoms with Gasteiger partial charge in [0.05, 0.1) is 26.0 Å². The standard InChI is InChI=1S/C31H28N6O5/c1-39-27-13-18(11-21-15-34-31(33)36-30(21)32)12-23(29(27)40-2)24(38)9-10-37-28(22-6-4-3-5-20(22)16-35-37)19-7-8-25-26(14-19)42-17-41-25/h3-10,12-16,28H,11,17H2,1-2H3,(H4,32,33,34,36)/b10-9+. The van der Waals surface area contributed by atoms with Gasteiger partial charge >= 0.3 is 0 Å². The molecule has 1 unspecified atom stereocenters. The van der Waals surface area contributed by atoms with Crippen LogP contribution >= 0.6 is 0 Å². The van der Waals surface area contributed by atoms with E-state index in [1.807, 2.05) is 42.5 Å². The largest absolute Gasteiger partial charge is 0.493 e. The van der Waals surface area contributed by atoms with E-state index >= 15 is 0 Å². The Bertz CT molecular complexity index is 1740. The van der Waals surface area contributed by atoms with Gasteiger partial charge in [-0.2, -0.15) is 10.1 Å². The minimum absolute atomic E-state index is 0.0895. The lowest BCUT2D eigenvalue weighted by atomic mass is 9.93. The van der Waals surface area contributed by atoms with Crippen LogP contribution in [-0.2, 0) is 6.42 Å². The first-order valence-electron chi connectivity index (χ1n) is 13.1. The van der Waals surface area contributed by atoms with Crippen molar-refractivity contribution < 1.29 is 23.7 Å². The van der Waals surface area contributed by atoms with Gasteiger partial charge in [0.2, 0.25) is 12.7 Å². The number of carbonyl (C=O) groups is 1. The molecule has 2 aliphatic heterocycles. The molecule has 0 bridgehead atoms. The van der Waals surface area contributed by atoms with Gasteiger partial charge in [-0.15, -0.1) is 0 Å². The van der Waals surface area contributed by atoms with E-state index in [0.29, 0.717) is 40.5 Å². The second kappa shape index (κ2) is 11.1. The van der Waals surface area contributed by atoms with Gasteiger partial charge in [-0.25, -0.2) is 4.98 Å². The minimum atomic E-state index is -0.305. The summed E-state index contributed by atoms with van der Waals surface area (Å²) in [4.78, 5) is 21.8. The number of allylic oxidation sites excluding steroid dienone is 1. The first-order valence-corrected chi connectivity index (χ1v) is 13.1. The fourth-order valence-corrected chi connectivity index (χ4v) is 5.09. The van der Waals surface area contributed by atoms with E-state index in [-0.39, 0.29) is 30.4 Å². The number of hydrazone groups is 1. The van der Waals surface area contributed by atoms with E-state index in [9.17, 15) is 4.79 Å². The van der Waals surface area contributed by atoms with Crippen LogP contribution in [0, 0.1) is 0 Å². The number of fused-ring (bicyclic) bond motifs is 2. The number of nitrogens with two attached hydrogens (primary N) is 2. The minimum Gasteiger partial charge on any atom is -0.493 e. The maximum absolute atomic E-state index is 13.7. The number of aromatic nitrogens is 2. The molecule has 3 heterocycles. The number of nitrogen functional groups attached to an aromatic ring is 2. The van der Waals surface area contributed by atoms with E-state index in [2.05, 4.69) is 15.1 Å². The van der Waals surface area contributed by atoms with Crippen molar-refractivity contribution in [2.45, 2.75) is 12.5 Å². The summed E-state index contributed by atoms with van der Waals surface area (Å²) in [5.74, 6) is 2.14. The normalized spacial score (nSPS) is 15.1. The average molecular weight is 565 g/mol. The Labute approximate surface area is 242 Å². The number of hydrogen-bond acceptors (Lipinski definition) is 11.